The minimum Gasteiger partial charge on any atom is -0.314 e. The van der Waals surface area contributed by atoms with E-state index in [4.69, 9.17) is 0 Å². The first-order valence-corrected chi connectivity index (χ1v) is 7.50. The SMILES string of the molecule is CC1CCN(CCCCN2CCNCC2)CC1. The molecular formula is C14H29N3. The molecule has 0 aromatic rings. The summed E-state index contributed by atoms with van der Waals surface area (Å²) >= 11 is 0. The van der Waals surface area contributed by atoms with Crippen molar-refractivity contribution in [3.05, 3.63) is 0 Å². The van der Waals surface area contributed by atoms with E-state index in [1.54, 1.807) is 0 Å². The zero-order valence-electron chi connectivity index (χ0n) is 11.5. The molecule has 0 aromatic heterocycles. The minimum absolute atomic E-state index is 0.965. The lowest BCUT2D eigenvalue weighted by atomic mass is 9.99. The summed E-state index contributed by atoms with van der Waals surface area (Å²) in [5, 5.41) is 3.41. The van der Waals surface area contributed by atoms with E-state index in [-0.39, 0.29) is 0 Å². The third kappa shape index (κ3) is 4.94. The first kappa shape index (κ1) is 13.3. The number of hydrogen-bond acceptors (Lipinski definition) is 3. The van der Waals surface area contributed by atoms with Crippen LogP contribution in [0.5, 0.6) is 0 Å². The second-order valence-electron chi connectivity index (χ2n) is 5.82. The molecule has 0 spiro atoms. The minimum atomic E-state index is 0.965. The number of piperidine rings is 1. The maximum atomic E-state index is 3.41. The highest BCUT2D eigenvalue weighted by Crippen LogP contribution is 2.16. The zero-order chi connectivity index (χ0) is 11.9. The predicted octanol–water partition coefficient (Wildman–Crippen LogP) is 1.40. The molecule has 3 heteroatoms. The second-order valence-corrected chi connectivity index (χ2v) is 5.82. The Labute approximate surface area is 107 Å². The van der Waals surface area contributed by atoms with Gasteiger partial charge in [-0.2, -0.15) is 0 Å². The van der Waals surface area contributed by atoms with Gasteiger partial charge in [-0.3, -0.25) is 0 Å². The van der Waals surface area contributed by atoms with E-state index in [1.807, 2.05) is 0 Å². The number of nitrogens with zero attached hydrogens (tertiary/aromatic N) is 2. The van der Waals surface area contributed by atoms with E-state index in [0.29, 0.717) is 0 Å². The maximum absolute atomic E-state index is 3.41. The second kappa shape index (κ2) is 7.34. The van der Waals surface area contributed by atoms with Gasteiger partial charge in [0.15, 0.2) is 0 Å². The molecular weight excluding hydrogens is 210 g/mol. The Hall–Kier alpha value is -0.120. The molecule has 0 saturated carbocycles. The standard InChI is InChI=1S/C14H29N3/c1-14-4-10-16(11-5-14)8-2-3-9-17-12-6-15-7-13-17/h14-15H,2-13H2,1H3. The van der Waals surface area contributed by atoms with Crippen LogP contribution in [0.3, 0.4) is 0 Å². The van der Waals surface area contributed by atoms with Gasteiger partial charge in [0.25, 0.3) is 0 Å². The van der Waals surface area contributed by atoms with Crippen LogP contribution in [0.25, 0.3) is 0 Å². The van der Waals surface area contributed by atoms with Crippen LogP contribution in [0, 0.1) is 5.92 Å². The molecule has 0 unspecified atom stereocenters. The molecule has 2 fully saturated rings. The van der Waals surface area contributed by atoms with Gasteiger partial charge < -0.3 is 15.1 Å². The van der Waals surface area contributed by atoms with Crippen LogP contribution in [-0.2, 0) is 0 Å². The number of likely N-dealkylation sites (tertiary alicyclic amines) is 1. The number of rotatable bonds is 5. The summed E-state index contributed by atoms with van der Waals surface area (Å²) in [5.41, 5.74) is 0. The molecule has 0 radical (unpaired) electrons. The Morgan fingerprint density at radius 2 is 1.41 bits per heavy atom. The molecule has 0 aliphatic carbocycles. The van der Waals surface area contributed by atoms with Gasteiger partial charge in [0.1, 0.15) is 0 Å². The van der Waals surface area contributed by atoms with Crippen molar-refractivity contribution < 1.29 is 0 Å². The topological polar surface area (TPSA) is 18.5 Å². The van der Waals surface area contributed by atoms with E-state index in [2.05, 4.69) is 22.0 Å². The van der Waals surface area contributed by atoms with Crippen LogP contribution in [0.2, 0.25) is 0 Å². The molecule has 2 saturated heterocycles. The normalized spacial score (nSPS) is 25.2. The van der Waals surface area contributed by atoms with Crippen LogP contribution in [-0.4, -0.2) is 62.2 Å². The monoisotopic (exact) mass is 239 g/mol. The van der Waals surface area contributed by atoms with Crippen molar-refractivity contribution in [1.29, 1.82) is 0 Å². The highest BCUT2D eigenvalue weighted by Gasteiger charge is 2.15. The molecule has 1 N–H and O–H groups in total. The van der Waals surface area contributed by atoms with Crippen molar-refractivity contribution in [2.75, 3.05) is 52.4 Å². The van der Waals surface area contributed by atoms with Crippen LogP contribution in [0.1, 0.15) is 32.6 Å². The van der Waals surface area contributed by atoms with E-state index in [9.17, 15) is 0 Å². The Kier molecular flexibility index (Phi) is 5.75. The molecule has 0 atom stereocenters. The molecule has 2 aliphatic rings. The van der Waals surface area contributed by atoms with Crippen LogP contribution < -0.4 is 5.32 Å². The van der Waals surface area contributed by atoms with Gasteiger partial charge in [-0.15, -0.1) is 0 Å². The molecule has 0 aromatic carbocycles. The molecule has 17 heavy (non-hydrogen) atoms. The number of unbranched alkanes of at least 4 members (excludes halogenated alkanes) is 1. The van der Waals surface area contributed by atoms with E-state index >= 15 is 0 Å². The van der Waals surface area contributed by atoms with Crippen molar-refractivity contribution in [3.63, 3.8) is 0 Å². The van der Waals surface area contributed by atoms with E-state index < -0.39 is 0 Å². The van der Waals surface area contributed by atoms with Gasteiger partial charge in [0.2, 0.25) is 0 Å². The Bertz CT molecular complexity index is 194. The fraction of sp³-hybridized carbons (Fsp3) is 1.00. The first-order valence-electron chi connectivity index (χ1n) is 7.50. The fourth-order valence-electron chi connectivity index (χ4n) is 2.89. The van der Waals surface area contributed by atoms with Crippen LogP contribution >= 0.6 is 0 Å². The summed E-state index contributed by atoms with van der Waals surface area (Å²) in [6.07, 6.45) is 5.60. The lowest BCUT2D eigenvalue weighted by Crippen LogP contribution is -2.43. The number of hydrogen-bond donors (Lipinski definition) is 1. The summed E-state index contributed by atoms with van der Waals surface area (Å²) < 4.78 is 0. The van der Waals surface area contributed by atoms with Gasteiger partial charge in [-0.1, -0.05) is 6.92 Å². The Morgan fingerprint density at radius 1 is 0.882 bits per heavy atom. The largest absolute Gasteiger partial charge is 0.314 e. The van der Waals surface area contributed by atoms with Crippen molar-refractivity contribution in [2.24, 2.45) is 5.92 Å². The average Bonchev–Trinajstić information content (AvgIpc) is 2.38. The molecule has 2 heterocycles. The summed E-state index contributed by atoms with van der Waals surface area (Å²) in [4.78, 5) is 5.27. The van der Waals surface area contributed by atoms with Crippen molar-refractivity contribution in [3.8, 4) is 0 Å². The van der Waals surface area contributed by atoms with Crippen LogP contribution in [0.4, 0.5) is 0 Å². The van der Waals surface area contributed by atoms with Crippen LogP contribution in [0.15, 0.2) is 0 Å². The maximum Gasteiger partial charge on any atom is 0.0107 e. The highest BCUT2D eigenvalue weighted by atomic mass is 15.2. The highest BCUT2D eigenvalue weighted by molar-refractivity contribution is 4.70. The van der Waals surface area contributed by atoms with Crippen molar-refractivity contribution in [1.82, 2.24) is 15.1 Å². The van der Waals surface area contributed by atoms with Gasteiger partial charge in [-0.05, 0) is 57.8 Å². The van der Waals surface area contributed by atoms with Gasteiger partial charge in [-0.25, -0.2) is 0 Å². The molecule has 0 amide bonds. The first-order chi connectivity index (χ1) is 8.34. The summed E-state index contributed by atoms with van der Waals surface area (Å²) in [6.45, 7) is 12.6. The Morgan fingerprint density at radius 3 is 2.00 bits per heavy atom. The van der Waals surface area contributed by atoms with Gasteiger partial charge in [0, 0.05) is 26.2 Å². The zero-order valence-corrected chi connectivity index (χ0v) is 11.5. The third-order valence-corrected chi connectivity index (χ3v) is 4.28. The van der Waals surface area contributed by atoms with Gasteiger partial charge in [0.05, 0.1) is 0 Å². The quantitative estimate of drug-likeness (QED) is 0.732. The molecule has 2 rings (SSSR count). The van der Waals surface area contributed by atoms with E-state index in [1.165, 1.54) is 78.0 Å². The fourth-order valence-corrected chi connectivity index (χ4v) is 2.89. The Balaban J connectivity index is 1.48. The van der Waals surface area contributed by atoms with E-state index in [0.717, 1.165) is 5.92 Å². The predicted molar refractivity (Wildman–Crippen MR) is 73.4 cm³/mol. The number of nitrogens with one attached hydrogen (secondary N) is 1. The van der Waals surface area contributed by atoms with Gasteiger partial charge >= 0.3 is 0 Å². The van der Waals surface area contributed by atoms with Crippen molar-refractivity contribution in [2.45, 2.75) is 32.6 Å². The molecule has 0 bridgehead atoms. The third-order valence-electron chi connectivity index (χ3n) is 4.28. The molecule has 2 aliphatic heterocycles. The summed E-state index contributed by atoms with van der Waals surface area (Å²) in [7, 11) is 0. The average molecular weight is 239 g/mol. The summed E-state index contributed by atoms with van der Waals surface area (Å²) in [6, 6.07) is 0. The lowest BCUT2D eigenvalue weighted by Gasteiger charge is -2.31. The molecule has 100 valence electrons. The summed E-state index contributed by atoms with van der Waals surface area (Å²) in [5.74, 6) is 0.965. The smallest absolute Gasteiger partial charge is 0.0107 e. The van der Waals surface area contributed by atoms with Crippen molar-refractivity contribution >= 4 is 0 Å². The lowest BCUT2D eigenvalue weighted by molar-refractivity contribution is 0.182. The number of piperazine rings is 1. The molecule has 3 nitrogen and oxygen atoms in total.